The molecule has 2 atom stereocenters. The fourth-order valence-corrected chi connectivity index (χ4v) is 5.43. The smallest absolute Gasteiger partial charge is 0.150 e. The monoisotopic (exact) mass is 312 g/mol. The summed E-state index contributed by atoms with van der Waals surface area (Å²) in [6.45, 7) is 10.3. The number of Topliss-reactive ketones (excluding diaryl/α,β-unsaturated/α-hetero) is 1. The van der Waals surface area contributed by atoms with Gasteiger partial charge in [-0.25, -0.2) is 0 Å². The zero-order valence-electron chi connectivity index (χ0n) is 14.6. The Labute approximate surface area is 139 Å². The van der Waals surface area contributed by atoms with Crippen molar-refractivity contribution in [1.82, 2.24) is 9.80 Å². The van der Waals surface area contributed by atoms with E-state index in [1.165, 1.54) is 24.0 Å². The maximum absolute atomic E-state index is 13.2. The van der Waals surface area contributed by atoms with E-state index in [4.69, 9.17) is 0 Å². The first-order valence-corrected chi connectivity index (χ1v) is 9.07. The number of piperidine rings is 2. The van der Waals surface area contributed by atoms with Crippen LogP contribution >= 0.6 is 0 Å². The van der Waals surface area contributed by atoms with Gasteiger partial charge in [-0.2, -0.15) is 0 Å². The van der Waals surface area contributed by atoms with Crippen LogP contribution < -0.4 is 0 Å². The number of carbonyl (C=O) groups excluding carboxylic acids is 1. The van der Waals surface area contributed by atoms with E-state index < -0.39 is 0 Å². The third-order valence-corrected chi connectivity index (χ3v) is 6.19. The third-order valence-electron chi connectivity index (χ3n) is 6.19. The van der Waals surface area contributed by atoms with Crippen LogP contribution in [0.1, 0.15) is 50.4 Å². The molecule has 1 aromatic rings. The molecule has 4 fully saturated rings. The SMILES string of the molecule is CCCCC12CN3CC(C)(CN(C1)C3c1cccc(C)c1)C2=O. The molecular weight excluding hydrogens is 284 g/mol. The van der Waals surface area contributed by atoms with E-state index in [1.54, 1.807) is 0 Å². The van der Waals surface area contributed by atoms with E-state index in [1.807, 2.05) is 0 Å². The average molecular weight is 312 g/mol. The number of rotatable bonds is 4. The number of carbonyl (C=O) groups is 1. The second-order valence-corrected chi connectivity index (χ2v) is 8.37. The van der Waals surface area contributed by atoms with Crippen LogP contribution in [0, 0.1) is 17.8 Å². The molecule has 0 saturated carbocycles. The summed E-state index contributed by atoms with van der Waals surface area (Å²) in [5.41, 5.74) is 2.44. The first-order valence-electron chi connectivity index (χ1n) is 9.07. The molecule has 23 heavy (non-hydrogen) atoms. The van der Waals surface area contributed by atoms with Gasteiger partial charge in [0.25, 0.3) is 0 Å². The molecule has 4 aliphatic heterocycles. The van der Waals surface area contributed by atoms with Crippen LogP contribution in [0.15, 0.2) is 24.3 Å². The Morgan fingerprint density at radius 1 is 1.17 bits per heavy atom. The lowest BCUT2D eigenvalue weighted by atomic mass is 9.59. The van der Waals surface area contributed by atoms with Crippen LogP contribution in [0.25, 0.3) is 0 Å². The zero-order chi connectivity index (χ0) is 16.2. The largest absolute Gasteiger partial charge is 0.298 e. The molecule has 0 N–H and O–H groups in total. The Morgan fingerprint density at radius 2 is 1.87 bits per heavy atom. The molecular formula is C20H28N2O. The van der Waals surface area contributed by atoms with E-state index in [0.717, 1.165) is 32.6 Å². The number of hydrogen-bond acceptors (Lipinski definition) is 3. The molecule has 4 heterocycles. The van der Waals surface area contributed by atoms with Crippen LogP contribution in [0.4, 0.5) is 0 Å². The Kier molecular flexibility index (Phi) is 3.44. The Balaban J connectivity index is 1.69. The highest BCUT2D eigenvalue weighted by Gasteiger charge is 2.63. The van der Waals surface area contributed by atoms with E-state index in [-0.39, 0.29) is 10.8 Å². The van der Waals surface area contributed by atoms with Crippen molar-refractivity contribution >= 4 is 5.78 Å². The van der Waals surface area contributed by atoms with Crippen LogP contribution in [0.3, 0.4) is 0 Å². The summed E-state index contributed by atoms with van der Waals surface area (Å²) in [6, 6.07) is 8.90. The number of ketones is 1. The highest BCUT2D eigenvalue weighted by Crippen LogP contribution is 2.53. The highest BCUT2D eigenvalue weighted by molar-refractivity contribution is 5.93. The number of nitrogens with zero attached hydrogens (tertiary/aromatic N) is 2. The van der Waals surface area contributed by atoms with Crippen LogP contribution in [0.2, 0.25) is 0 Å². The second-order valence-electron chi connectivity index (χ2n) is 8.37. The van der Waals surface area contributed by atoms with Gasteiger partial charge in [0.05, 0.1) is 17.0 Å². The average Bonchev–Trinajstić information content (AvgIpc) is 2.49. The fourth-order valence-electron chi connectivity index (χ4n) is 5.43. The maximum atomic E-state index is 13.2. The molecule has 0 amide bonds. The molecule has 4 aliphatic rings. The minimum atomic E-state index is -0.162. The van der Waals surface area contributed by atoms with Crippen molar-refractivity contribution in [3.8, 4) is 0 Å². The second kappa shape index (κ2) is 5.15. The molecule has 4 saturated heterocycles. The molecule has 124 valence electrons. The molecule has 0 radical (unpaired) electrons. The van der Waals surface area contributed by atoms with Gasteiger partial charge in [-0.15, -0.1) is 0 Å². The fraction of sp³-hybridized carbons (Fsp3) is 0.650. The van der Waals surface area contributed by atoms with Crippen molar-refractivity contribution in [2.24, 2.45) is 10.8 Å². The molecule has 2 unspecified atom stereocenters. The topological polar surface area (TPSA) is 23.6 Å². The number of benzene rings is 1. The van der Waals surface area contributed by atoms with Gasteiger partial charge >= 0.3 is 0 Å². The minimum Gasteiger partial charge on any atom is -0.298 e. The summed E-state index contributed by atoms with van der Waals surface area (Å²) >= 11 is 0. The molecule has 4 bridgehead atoms. The van der Waals surface area contributed by atoms with Crippen LogP contribution in [-0.2, 0) is 4.79 Å². The normalized spacial score (nSPS) is 41.5. The first-order chi connectivity index (χ1) is 11.0. The van der Waals surface area contributed by atoms with Gasteiger partial charge in [0, 0.05) is 26.2 Å². The molecule has 0 aliphatic carbocycles. The summed E-state index contributed by atoms with van der Waals surface area (Å²) in [4.78, 5) is 18.3. The third kappa shape index (κ3) is 2.20. The summed E-state index contributed by atoms with van der Waals surface area (Å²) < 4.78 is 0. The first kappa shape index (κ1) is 15.3. The van der Waals surface area contributed by atoms with E-state index in [2.05, 4.69) is 54.8 Å². The van der Waals surface area contributed by atoms with E-state index >= 15 is 0 Å². The van der Waals surface area contributed by atoms with E-state index in [9.17, 15) is 4.79 Å². The van der Waals surface area contributed by atoms with Crippen molar-refractivity contribution in [2.75, 3.05) is 26.2 Å². The van der Waals surface area contributed by atoms with Gasteiger partial charge in [-0.3, -0.25) is 14.6 Å². The van der Waals surface area contributed by atoms with Crippen molar-refractivity contribution in [3.05, 3.63) is 35.4 Å². The van der Waals surface area contributed by atoms with Crippen LogP contribution in [0.5, 0.6) is 0 Å². The molecule has 0 aromatic heterocycles. The summed E-state index contributed by atoms with van der Waals surface area (Å²) in [5.74, 6) is 0.550. The van der Waals surface area contributed by atoms with Gasteiger partial charge in [-0.1, -0.05) is 56.5 Å². The van der Waals surface area contributed by atoms with E-state index in [0.29, 0.717) is 11.9 Å². The molecule has 0 spiro atoms. The minimum absolute atomic E-state index is 0.110. The highest BCUT2D eigenvalue weighted by atomic mass is 16.1. The van der Waals surface area contributed by atoms with Gasteiger partial charge in [0.1, 0.15) is 5.78 Å². The standard InChI is InChI=1S/C20H28N2O/c1-4-5-9-20-13-21-11-19(3,18(20)23)12-22(14-20)17(21)16-8-6-7-15(2)10-16/h6-8,10,17H,4-5,9,11-14H2,1-3H3. The van der Waals surface area contributed by atoms with Gasteiger partial charge in [-0.05, 0) is 18.9 Å². The summed E-state index contributed by atoms with van der Waals surface area (Å²) in [6.07, 6.45) is 3.77. The van der Waals surface area contributed by atoms with Crippen molar-refractivity contribution < 1.29 is 4.79 Å². The summed E-state index contributed by atoms with van der Waals surface area (Å²) in [7, 11) is 0. The Bertz CT molecular complexity index is 622. The van der Waals surface area contributed by atoms with Crippen molar-refractivity contribution in [2.45, 2.75) is 46.2 Å². The molecule has 5 rings (SSSR count). The lowest BCUT2D eigenvalue weighted by Gasteiger charge is -2.65. The quantitative estimate of drug-likeness (QED) is 0.851. The molecule has 3 nitrogen and oxygen atoms in total. The maximum Gasteiger partial charge on any atom is 0.150 e. The zero-order valence-corrected chi connectivity index (χ0v) is 14.6. The molecule has 1 aromatic carbocycles. The number of aryl methyl sites for hydroxylation is 1. The molecule has 3 heteroatoms. The summed E-state index contributed by atoms with van der Waals surface area (Å²) in [5, 5.41) is 0. The van der Waals surface area contributed by atoms with Crippen molar-refractivity contribution in [3.63, 3.8) is 0 Å². The van der Waals surface area contributed by atoms with Crippen molar-refractivity contribution in [1.29, 1.82) is 0 Å². The Hall–Kier alpha value is -1.19. The lowest BCUT2D eigenvalue weighted by Crippen LogP contribution is -2.76. The predicted octanol–water partition coefficient (Wildman–Crippen LogP) is 3.39. The van der Waals surface area contributed by atoms with Crippen LogP contribution in [-0.4, -0.2) is 41.8 Å². The van der Waals surface area contributed by atoms with Gasteiger partial charge in [0.2, 0.25) is 0 Å². The van der Waals surface area contributed by atoms with Gasteiger partial charge < -0.3 is 0 Å². The number of hydrogen-bond donors (Lipinski definition) is 0. The predicted molar refractivity (Wildman–Crippen MR) is 92.1 cm³/mol. The Morgan fingerprint density at radius 3 is 2.48 bits per heavy atom. The number of unbranched alkanes of at least 4 members (excludes halogenated alkanes) is 1. The van der Waals surface area contributed by atoms with Gasteiger partial charge in [0.15, 0.2) is 0 Å². The lowest BCUT2D eigenvalue weighted by molar-refractivity contribution is -0.201.